The van der Waals surface area contributed by atoms with E-state index in [0.717, 1.165) is 11.4 Å². The van der Waals surface area contributed by atoms with Crippen LogP contribution in [0.1, 0.15) is 33.1 Å². The number of hydrogen-bond donors (Lipinski definition) is 2. The molecule has 0 aliphatic heterocycles. The third-order valence-electron chi connectivity index (χ3n) is 4.32. The highest BCUT2D eigenvalue weighted by atomic mass is 16.5. The molecule has 2 rings (SSSR count). The molecule has 0 saturated heterocycles. The lowest BCUT2D eigenvalue weighted by molar-refractivity contribution is -0.119. The van der Waals surface area contributed by atoms with Crippen molar-refractivity contribution in [3.05, 3.63) is 24.3 Å². The Morgan fingerprint density at radius 3 is 2.29 bits per heavy atom. The predicted molar refractivity (Wildman–Crippen MR) is 86.5 cm³/mol. The second-order valence-corrected chi connectivity index (χ2v) is 6.11. The Kier molecular flexibility index (Phi) is 5.62. The largest absolute Gasteiger partial charge is 0.382 e. The molecule has 0 aromatic heterocycles. The molecule has 1 aliphatic rings. The SMILES string of the molecule is COCC(=O)Nc1ccc(NC2C(C)CCCC2C)cc1. The number of carbonyl (C=O) groups excluding carboxylic acids is 1. The molecule has 0 radical (unpaired) electrons. The monoisotopic (exact) mass is 290 g/mol. The van der Waals surface area contributed by atoms with Gasteiger partial charge in [0.05, 0.1) is 0 Å². The van der Waals surface area contributed by atoms with Gasteiger partial charge >= 0.3 is 0 Å². The average molecular weight is 290 g/mol. The Bertz CT molecular complexity index is 448. The fourth-order valence-electron chi connectivity index (χ4n) is 3.14. The van der Waals surface area contributed by atoms with Crippen LogP contribution in [-0.2, 0) is 9.53 Å². The summed E-state index contributed by atoms with van der Waals surface area (Å²) in [5.41, 5.74) is 1.91. The highest BCUT2D eigenvalue weighted by molar-refractivity contribution is 5.91. The van der Waals surface area contributed by atoms with E-state index in [-0.39, 0.29) is 12.5 Å². The number of hydrogen-bond acceptors (Lipinski definition) is 3. The maximum Gasteiger partial charge on any atom is 0.250 e. The van der Waals surface area contributed by atoms with Crippen molar-refractivity contribution in [3.8, 4) is 0 Å². The number of nitrogens with one attached hydrogen (secondary N) is 2. The summed E-state index contributed by atoms with van der Waals surface area (Å²) in [6.07, 6.45) is 3.94. The summed E-state index contributed by atoms with van der Waals surface area (Å²) < 4.78 is 4.80. The lowest BCUT2D eigenvalue weighted by atomic mass is 9.78. The van der Waals surface area contributed by atoms with Gasteiger partial charge in [0.1, 0.15) is 6.61 Å². The van der Waals surface area contributed by atoms with Crippen LogP contribution in [0.5, 0.6) is 0 Å². The van der Waals surface area contributed by atoms with Crippen molar-refractivity contribution >= 4 is 17.3 Å². The minimum absolute atomic E-state index is 0.0805. The van der Waals surface area contributed by atoms with Gasteiger partial charge in [0.15, 0.2) is 0 Å². The van der Waals surface area contributed by atoms with Gasteiger partial charge in [0.2, 0.25) is 5.91 Å². The predicted octanol–water partition coefficient (Wildman–Crippen LogP) is 3.51. The van der Waals surface area contributed by atoms with E-state index in [1.807, 2.05) is 24.3 Å². The van der Waals surface area contributed by atoms with Gasteiger partial charge in [-0.1, -0.05) is 20.3 Å². The fraction of sp³-hybridized carbons (Fsp3) is 0.588. The molecule has 2 unspecified atom stereocenters. The standard InChI is InChI=1S/C17H26N2O2/c1-12-5-4-6-13(2)17(12)19-15-9-7-14(8-10-15)18-16(20)11-21-3/h7-10,12-13,17,19H,4-6,11H2,1-3H3,(H,18,20). The molecule has 0 bridgehead atoms. The summed E-state index contributed by atoms with van der Waals surface area (Å²) in [4.78, 5) is 11.4. The summed E-state index contributed by atoms with van der Waals surface area (Å²) in [7, 11) is 1.51. The molecule has 2 N–H and O–H groups in total. The first-order valence-electron chi connectivity index (χ1n) is 7.75. The molecule has 0 heterocycles. The van der Waals surface area contributed by atoms with Crippen molar-refractivity contribution in [2.75, 3.05) is 24.4 Å². The van der Waals surface area contributed by atoms with Crippen LogP contribution < -0.4 is 10.6 Å². The zero-order chi connectivity index (χ0) is 15.2. The fourth-order valence-corrected chi connectivity index (χ4v) is 3.14. The van der Waals surface area contributed by atoms with Crippen molar-refractivity contribution in [2.24, 2.45) is 11.8 Å². The molecule has 21 heavy (non-hydrogen) atoms. The Morgan fingerprint density at radius 1 is 1.14 bits per heavy atom. The maximum atomic E-state index is 11.4. The van der Waals surface area contributed by atoms with Crippen molar-refractivity contribution in [1.29, 1.82) is 0 Å². The number of anilines is 2. The van der Waals surface area contributed by atoms with Gasteiger partial charge in [0.25, 0.3) is 0 Å². The van der Waals surface area contributed by atoms with Gasteiger partial charge < -0.3 is 15.4 Å². The van der Waals surface area contributed by atoms with Crippen LogP contribution in [0.15, 0.2) is 24.3 Å². The van der Waals surface area contributed by atoms with Gasteiger partial charge in [-0.2, -0.15) is 0 Å². The van der Waals surface area contributed by atoms with Crippen LogP contribution in [0.3, 0.4) is 0 Å². The zero-order valence-electron chi connectivity index (χ0n) is 13.2. The van der Waals surface area contributed by atoms with Crippen LogP contribution in [0.4, 0.5) is 11.4 Å². The molecule has 1 aromatic carbocycles. The normalized spacial score (nSPS) is 25.4. The molecule has 2 atom stereocenters. The van der Waals surface area contributed by atoms with E-state index in [1.165, 1.54) is 26.4 Å². The molecule has 1 amide bonds. The minimum atomic E-state index is -0.132. The number of benzene rings is 1. The molecular formula is C17H26N2O2. The number of rotatable bonds is 5. The molecule has 116 valence electrons. The highest BCUT2D eigenvalue weighted by Gasteiger charge is 2.27. The summed E-state index contributed by atoms with van der Waals surface area (Å²) in [6, 6.07) is 8.43. The van der Waals surface area contributed by atoms with Crippen molar-refractivity contribution in [2.45, 2.75) is 39.2 Å². The van der Waals surface area contributed by atoms with Crippen LogP contribution in [0.2, 0.25) is 0 Å². The topological polar surface area (TPSA) is 50.4 Å². The Morgan fingerprint density at radius 2 is 1.71 bits per heavy atom. The third kappa shape index (κ3) is 4.46. The van der Waals surface area contributed by atoms with E-state index < -0.39 is 0 Å². The van der Waals surface area contributed by atoms with E-state index in [2.05, 4.69) is 24.5 Å². The zero-order valence-corrected chi connectivity index (χ0v) is 13.2. The van der Waals surface area contributed by atoms with Gasteiger partial charge in [0, 0.05) is 24.5 Å². The smallest absolute Gasteiger partial charge is 0.250 e. The summed E-state index contributed by atoms with van der Waals surface area (Å²) in [5.74, 6) is 1.28. The molecule has 1 aliphatic carbocycles. The first-order chi connectivity index (χ1) is 10.1. The number of ether oxygens (including phenoxy) is 1. The van der Waals surface area contributed by atoms with Crippen LogP contribution in [0, 0.1) is 11.8 Å². The second-order valence-electron chi connectivity index (χ2n) is 6.11. The Hall–Kier alpha value is -1.55. The molecule has 4 nitrogen and oxygen atoms in total. The number of methoxy groups -OCH3 is 1. The second kappa shape index (κ2) is 7.46. The first-order valence-corrected chi connectivity index (χ1v) is 7.75. The van der Waals surface area contributed by atoms with E-state index in [9.17, 15) is 4.79 Å². The van der Waals surface area contributed by atoms with Gasteiger partial charge in [-0.15, -0.1) is 0 Å². The number of amides is 1. The molecule has 1 saturated carbocycles. The molecular weight excluding hydrogens is 264 g/mol. The van der Waals surface area contributed by atoms with Crippen molar-refractivity contribution in [3.63, 3.8) is 0 Å². The van der Waals surface area contributed by atoms with Gasteiger partial charge in [-0.3, -0.25) is 4.79 Å². The minimum Gasteiger partial charge on any atom is -0.382 e. The maximum absolute atomic E-state index is 11.4. The van der Waals surface area contributed by atoms with Crippen molar-refractivity contribution < 1.29 is 9.53 Å². The number of carbonyl (C=O) groups is 1. The van der Waals surface area contributed by atoms with E-state index in [4.69, 9.17) is 4.74 Å². The Labute approximate surface area is 127 Å². The average Bonchev–Trinajstić information content (AvgIpc) is 2.45. The molecule has 1 aromatic rings. The molecule has 4 heteroatoms. The van der Waals surface area contributed by atoms with Crippen molar-refractivity contribution in [1.82, 2.24) is 0 Å². The van der Waals surface area contributed by atoms with E-state index >= 15 is 0 Å². The Balaban J connectivity index is 1.94. The summed E-state index contributed by atoms with van der Waals surface area (Å²) >= 11 is 0. The van der Waals surface area contributed by atoms with Crippen LogP contribution in [-0.4, -0.2) is 25.7 Å². The van der Waals surface area contributed by atoms with Gasteiger partial charge in [-0.25, -0.2) is 0 Å². The summed E-state index contributed by atoms with van der Waals surface area (Å²) in [5, 5.41) is 6.45. The van der Waals surface area contributed by atoms with Crippen LogP contribution >= 0.6 is 0 Å². The summed E-state index contributed by atoms with van der Waals surface area (Å²) in [6.45, 7) is 4.73. The lowest BCUT2D eigenvalue weighted by Crippen LogP contribution is -2.37. The van der Waals surface area contributed by atoms with Gasteiger partial charge in [-0.05, 0) is 48.9 Å². The van der Waals surface area contributed by atoms with Crippen LogP contribution in [0.25, 0.3) is 0 Å². The van der Waals surface area contributed by atoms with E-state index in [0.29, 0.717) is 17.9 Å². The quantitative estimate of drug-likeness (QED) is 0.872. The first kappa shape index (κ1) is 15.8. The third-order valence-corrected chi connectivity index (χ3v) is 4.32. The lowest BCUT2D eigenvalue weighted by Gasteiger charge is -2.36. The molecule has 1 fully saturated rings. The highest BCUT2D eigenvalue weighted by Crippen LogP contribution is 2.31. The molecule has 0 spiro atoms. The van der Waals surface area contributed by atoms with E-state index in [1.54, 1.807) is 0 Å².